The lowest BCUT2D eigenvalue weighted by Gasteiger charge is -2.10. The van der Waals surface area contributed by atoms with Gasteiger partial charge in [-0.1, -0.05) is 159 Å². The highest BCUT2D eigenvalue weighted by molar-refractivity contribution is 9.11. The molecule has 232 valence electrons. The maximum atomic E-state index is 6.54. The smallest absolute Gasteiger partial charge is 0.0648 e. The van der Waals surface area contributed by atoms with E-state index in [9.17, 15) is 0 Å². The quantitative estimate of drug-likeness (QED) is 0.157. The van der Waals surface area contributed by atoms with Gasteiger partial charge in [0.15, 0.2) is 0 Å². The van der Waals surface area contributed by atoms with Crippen molar-refractivity contribution in [3.63, 3.8) is 0 Å². The van der Waals surface area contributed by atoms with Crippen molar-refractivity contribution in [1.29, 1.82) is 0 Å². The molecule has 3 heterocycles. The molecule has 0 N–H and O–H groups in total. The topological polar surface area (TPSA) is 9.34 Å². The van der Waals surface area contributed by atoms with E-state index in [1.54, 1.807) is 0 Å². The largest absolute Gasteiger partial charge is 0.308 e. The minimum Gasteiger partial charge on any atom is -0.308 e. The van der Waals surface area contributed by atoms with E-state index in [1.165, 1.54) is 70.4 Å². The zero-order valence-corrected chi connectivity index (χ0v) is 29.9. The number of aromatic nitrogens is 2. The molecule has 5 heteroatoms. The van der Waals surface area contributed by atoms with Gasteiger partial charge < -0.3 is 8.97 Å². The van der Waals surface area contributed by atoms with E-state index in [0.29, 0.717) is 0 Å². The Bertz CT molecular complexity index is 3090. The van der Waals surface area contributed by atoms with E-state index in [0.717, 1.165) is 30.7 Å². The third-order valence-electron chi connectivity index (χ3n) is 9.90. The Morgan fingerprint density at radius 3 is 1.57 bits per heavy atom. The summed E-state index contributed by atoms with van der Waals surface area (Å²) in [4.78, 5) is 0. The second-order valence-corrected chi connectivity index (χ2v) is 14.6. The van der Waals surface area contributed by atoms with Gasteiger partial charge in [-0.3, -0.25) is 0 Å². The maximum Gasteiger partial charge on any atom is 0.0648 e. The minimum absolute atomic E-state index is 0.745. The lowest BCUT2D eigenvalue weighted by Crippen LogP contribution is -1.94. The van der Waals surface area contributed by atoms with Crippen LogP contribution in [0, 0.1) is 0 Å². The molecule has 0 atom stereocenters. The van der Waals surface area contributed by atoms with Crippen LogP contribution in [0.5, 0.6) is 0 Å². The van der Waals surface area contributed by atoms with Crippen molar-refractivity contribution in [2.24, 2.45) is 0 Å². The summed E-state index contributed by atoms with van der Waals surface area (Å²) >= 11 is 14.1. The second kappa shape index (κ2) is 11.1. The van der Waals surface area contributed by atoms with Crippen LogP contribution in [-0.4, -0.2) is 8.97 Å². The highest BCUT2D eigenvalue weighted by Gasteiger charge is 2.20. The van der Waals surface area contributed by atoms with Gasteiger partial charge in [-0.2, -0.15) is 0 Å². The molecule has 0 saturated carbocycles. The summed E-state index contributed by atoms with van der Waals surface area (Å²) in [6.07, 6.45) is 0. The van der Waals surface area contributed by atoms with Crippen LogP contribution in [0.1, 0.15) is 0 Å². The van der Waals surface area contributed by atoms with Gasteiger partial charge in [-0.15, -0.1) is 0 Å². The summed E-state index contributed by atoms with van der Waals surface area (Å²) in [6, 6.07) is 53.5. The molecule has 0 saturated heterocycles. The molecule has 0 radical (unpaired) electrons. The molecule has 0 fully saturated rings. The summed E-state index contributed by atoms with van der Waals surface area (Å²) in [6.45, 7) is 0. The fourth-order valence-corrected chi connectivity index (χ4v) is 9.27. The third kappa shape index (κ3) is 4.18. The Hall–Kier alpha value is -4.87. The first-order valence-electron chi connectivity index (χ1n) is 16.2. The van der Waals surface area contributed by atoms with Crippen molar-refractivity contribution in [3.05, 3.63) is 166 Å². The molecule has 0 aliphatic carbocycles. The van der Waals surface area contributed by atoms with E-state index in [4.69, 9.17) is 11.6 Å². The lowest BCUT2D eigenvalue weighted by atomic mass is 10.0. The van der Waals surface area contributed by atoms with Crippen molar-refractivity contribution in [1.82, 2.24) is 8.97 Å². The highest BCUT2D eigenvalue weighted by atomic mass is 79.9. The van der Waals surface area contributed by atoms with Gasteiger partial charge in [-0.05, 0) is 57.9 Å². The predicted molar refractivity (Wildman–Crippen MR) is 217 cm³/mol. The van der Waals surface area contributed by atoms with E-state index >= 15 is 0 Å². The number of hydrogen-bond donors (Lipinski definition) is 0. The van der Waals surface area contributed by atoms with Gasteiger partial charge in [0.25, 0.3) is 0 Å². The number of rotatable bonds is 1. The monoisotopic (exact) mass is 774 g/mol. The van der Waals surface area contributed by atoms with Crippen LogP contribution in [0.4, 0.5) is 0 Å². The SMILES string of the molecule is Brc1cc2c(c3ccccc13)c1cccc3c4ccccc4n2c31.Clc1ccccc1-n1c2ccccc2c2c3ccccc3c(Br)cc21. The van der Waals surface area contributed by atoms with Crippen LogP contribution in [0.15, 0.2) is 161 Å². The van der Waals surface area contributed by atoms with E-state index in [1.807, 2.05) is 18.2 Å². The average Bonchev–Trinajstić information content (AvgIpc) is 3.78. The van der Waals surface area contributed by atoms with Crippen LogP contribution in [0.3, 0.4) is 0 Å². The molecule has 8 aromatic carbocycles. The first kappa shape index (κ1) is 29.1. The van der Waals surface area contributed by atoms with Crippen LogP contribution >= 0.6 is 43.5 Å². The van der Waals surface area contributed by atoms with Crippen LogP contribution in [-0.2, 0) is 0 Å². The molecule has 3 aromatic heterocycles. The molecular formula is C44H25Br2ClN2. The number of para-hydroxylation sites is 4. The summed E-state index contributed by atoms with van der Waals surface area (Å²) in [7, 11) is 0. The first-order chi connectivity index (χ1) is 24.1. The van der Waals surface area contributed by atoms with E-state index in [-0.39, 0.29) is 0 Å². The summed E-state index contributed by atoms with van der Waals surface area (Å²) < 4.78 is 6.92. The third-order valence-corrected chi connectivity index (χ3v) is 11.5. The number of hydrogen-bond acceptors (Lipinski definition) is 0. The molecular weight excluding hydrogens is 752 g/mol. The van der Waals surface area contributed by atoms with Crippen LogP contribution in [0.2, 0.25) is 5.02 Å². The zero-order valence-electron chi connectivity index (χ0n) is 26.0. The molecule has 11 rings (SSSR count). The Morgan fingerprint density at radius 1 is 0.388 bits per heavy atom. The van der Waals surface area contributed by atoms with Gasteiger partial charge in [0.1, 0.15) is 0 Å². The Kier molecular flexibility index (Phi) is 6.57. The molecule has 49 heavy (non-hydrogen) atoms. The average molecular weight is 777 g/mol. The van der Waals surface area contributed by atoms with Gasteiger partial charge in [0, 0.05) is 41.3 Å². The fraction of sp³-hybridized carbons (Fsp3) is 0. The highest BCUT2D eigenvalue weighted by Crippen LogP contribution is 2.44. The fourth-order valence-electron chi connectivity index (χ4n) is 7.93. The molecule has 0 spiro atoms. The molecule has 0 bridgehead atoms. The summed E-state index contributed by atoms with van der Waals surface area (Å²) in [5, 5.41) is 13.6. The van der Waals surface area contributed by atoms with Crippen LogP contribution < -0.4 is 0 Å². The predicted octanol–water partition coefficient (Wildman–Crippen LogP) is 14.1. The number of benzene rings is 8. The van der Waals surface area contributed by atoms with Gasteiger partial charge in [0.2, 0.25) is 0 Å². The Balaban J connectivity index is 0.000000125. The standard InChI is InChI=1S/C22H13BrClN.C22H12BrN/c23-17-13-21-22(15-8-2-1-7-14(15)17)16-9-3-5-11-19(16)25(21)20-12-6-4-10-18(20)24;23-18-12-20-21(15-8-2-1-6-13(15)18)17-10-5-9-16-14-7-3-4-11-19(14)24(20)22(16)17/h1-13H;1-12H. The van der Waals surface area contributed by atoms with Gasteiger partial charge in [0.05, 0.1) is 38.3 Å². The molecule has 0 amide bonds. The van der Waals surface area contributed by atoms with Crippen molar-refractivity contribution in [2.75, 3.05) is 0 Å². The normalized spacial score (nSPS) is 12.0. The van der Waals surface area contributed by atoms with E-state index < -0.39 is 0 Å². The van der Waals surface area contributed by atoms with Crippen LogP contribution in [0.25, 0.3) is 87.1 Å². The molecule has 0 unspecified atom stereocenters. The number of fused-ring (bicyclic) bond motifs is 13. The maximum absolute atomic E-state index is 6.54. The van der Waals surface area contributed by atoms with Crippen molar-refractivity contribution in [3.8, 4) is 5.69 Å². The number of nitrogens with zero attached hydrogens (tertiary/aromatic N) is 2. The van der Waals surface area contributed by atoms with Crippen molar-refractivity contribution < 1.29 is 0 Å². The van der Waals surface area contributed by atoms with Gasteiger partial charge >= 0.3 is 0 Å². The molecule has 0 aliphatic rings. The van der Waals surface area contributed by atoms with E-state index in [2.05, 4.69) is 174 Å². The van der Waals surface area contributed by atoms with Crippen molar-refractivity contribution in [2.45, 2.75) is 0 Å². The first-order valence-corrected chi connectivity index (χ1v) is 18.2. The zero-order chi connectivity index (χ0) is 32.8. The van der Waals surface area contributed by atoms with Gasteiger partial charge in [-0.25, -0.2) is 0 Å². The Morgan fingerprint density at radius 2 is 0.878 bits per heavy atom. The summed E-state index contributed by atoms with van der Waals surface area (Å²) in [5.41, 5.74) is 7.19. The minimum atomic E-state index is 0.745. The molecule has 2 nitrogen and oxygen atoms in total. The Labute approximate surface area is 303 Å². The molecule has 0 aliphatic heterocycles. The van der Waals surface area contributed by atoms with Crippen molar-refractivity contribution >= 4 is 125 Å². The summed E-state index contributed by atoms with van der Waals surface area (Å²) in [5.74, 6) is 0. The molecule has 11 aromatic rings. The second-order valence-electron chi connectivity index (χ2n) is 12.5. The number of halogens is 3. The lowest BCUT2D eigenvalue weighted by molar-refractivity contribution is 1.18.